The molecule has 0 fully saturated rings. The van der Waals surface area contributed by atoms with Crippen molar-refractivity contribution < 1.29 is 14.7 Å². The molecule has 0 heterocycles. The average molecular weight is 156 g/mol. The van der Waals surface area contributed by atoms with Gasteiger partial charge in [-0.3, -0.25) is 9.59 Å². The Hall–Kier alpha value is -1.57. The third kappa shape index (κ3) is 6.31. The molecule has 0 rings (SSSR count). The first kappa shape index (κ1) is 9.43. The van der Waals surface area contributed by atoms with Crippen molar-refractivity contribution in [3.8, 4) is 0 Å². The Morgan fingerprint density at radius 2 is 2.18 bits per heavy atom. The first-order valence-electron chi connectivity index (χ1n) is 2.98. The molecule has 0 atom stereocenters. The SMILES string of the molecule is [C-]#[N+]CC(=O)NCCC(=O)O. The van der Waals surface area contributed by atoms with Crippen LogP contribution >= 0.6 is 0 Å². The summed E-state index contributed by atoms with van der Waals surface area (Å²) >= 11 is 0. The number of carboxylic acids is 1. The minimum atomic E-state index is -0.965. The minimum absolute atomic E-state index is 0.0870. The van der Waals surface area contributed by atoms with E-state index in [1.54, 1.807) is 0 Å². The molecule has 0 aliphatic rings. The van der Waals surface area contributed by atoms with Gasteiger partial charge in [0.05, 0.1) is 6.42 Å². The maximum absolute atomic E-state index is 10.5. The normalized spacial score (nSPS) is 8.27. The Bertz CT molecular complexity index is 194. The number of hydrogen-bond donors (Lipinski definition) is 2. The first-order chi connectivity index (χ1) is 5.16. The quantitative estimate of drug-likeness (QED) is 0.539. The second-order valence-corrected chi connectivity index (χ2v) is 1.81. The van der Waals surface area contributed by atoms with E-state index in [9.17, 15) is 9.59 Å². The summed E-state index contributed by atoms with van der Waals surface area (Å²) in [4.78, 5) is 23.3. The van der Waals surface area contributed by atoms with E-state index in [-0.39, 0.29) is 19.5 Å². The lowest BCUT2D eigenvalue weighted by atomic mass is 10.4. The van der Waals surface area contributed by atoms with Gasteiger partial charge in [-0.05, 0) is 0 Å². The second kappa shape index (κ2) is 5.23. The van der Waals surface area contributed by atoms with Gasteiger partial charge in [-0.1, -0.05) is 0 Å². The summed E-state index contributed by atoms with van der Waals surface area (Å²) in [6.45, 7) is 6.15. The van der Waals surface area contributed by atoms with Crippen molar-refractivity contribution in [1.29, 1.82) is 0 Å². The van der Waals surface area contributed by atoms with E-state index in [2.05, 4.69) is 10.2 Å². The van der Waals surface area contributed by atoms with Gasteiger partial charge in [0.1, 0.15) is 0 Å². The fourth-order valence-electron chi connectivity index (χ4n) is 0.437. The van der Waals surface area contributed by atoms with Crippen molar-refractivity contribution in [3.05, 3.63) is 11.4 Å². The van der Waals surface area contributed by atoms with Crippen molar-refractivity contribution >= 4 is 11.9 Å². The monoisotopic (exact) mass is 156 g/mol. The number of nitrogens with zero attached hydrogens (tertiary/aromatic N) is 1. The van der Waals surface area contributed by atoms with Gasteiger partial charge < -0.3 is 15.3 Å². The summed E-state index contributed by atoms with van der Waals surface area (Å²) in [5, 5.41) is 10.4. The molecule has 0 spiro atoms. The lowest BCUT2D eigenvalue weighted by Gasteiger charge is -1.95. The second-order valence-electron chi connectivity index (χ2n) is 1.81. The average Bonchev–Trinajstić information content (AvgIpc) is 1.87. The van der Waals surface area contributed by atoms with Crippen LogP contribution in [0.15, 0.2) is 0 Å². The maximum atomic E-state index is 10.5. The Balaban J connectivity index is 3.33. The van der Waals surface area contributed by atoms with Crippen LogP contribution in [-0.2, 0) is 9.59 Å². The summed E-state index contributed by atoms with van der Waals surface area (Å²) in [7, 11) is 0. The van der Waals surface area contributed by atoms with Crippen molar-refractivity contribution in [1.82, 2.24) is 5.32 Å². The molecular formula is C6H8N2O3. The zero-order chi connectivity index (χ0) is 8.69. The van der Waals surface area contributed by atoms with Crippen molar-refractivity contribution in [2.75, 3.05) is 13.1 Å². The zero-order valence-electron chi connectivity index (χ0n) is 5.83. The van der Waals surface area contributed by atoms with Gasteiger partial charge in [0.2, 0.25) is 0 Å². The fourth-order valence-corrected chi connectivity index (χ4v) is 0.437. The number of carboxylic acid groups (broad SMARTS) is 1. The van der Waals surface area contributed by atoms with E-state index >= 15 is 0 Å². The van der Waals surface area contributed by atoms with Gasteiger partial charge >= 0.3 is 5.97 Å². The summed E-state index contributed by atoms with van der Waals surface area (Å²) in [6, 6.07) is 0. The number of carbonyl (C=O) groups excluding carboxylic acids is 1. The molecule has 0 saturated heterocycles. The van der Waals surface area contributed by atoms with E-state index in [0.29, 0.717) is 0 Å². The van der Waals surface area contributed by atoms with Crippen LogP contribution in [0, 0.1) is 6.57 Å². The molecule has 0 aliphatic carbocycles. The standard InChI is InChI=1S/C6H8N2O3/c1-7-4-5(9)8-3-2-6(10)11/h2-4H2,(H,8,9)(H,10,11). The Kier molecular flexibility index (Phi) is 4.49. The van der Waals surface area contributed by atoms with Crippen LogP contribution in [0.1, 0.15) is 6.42 Å². The van der Waals surface area contributed by atoms with Crippen LogP contribution < -0.4 is 5.32 Å². The third-order valence-corrected chi connectivity index (χ3v) is 0.884. The van der Waals surface area contributed by atoms with E-state index in [4.69, 9.17) is 11.7 Å². The van der Waals surface area contributed by atoms with Crippen LogP contribution in [-0.4, -0.2) is 30.1 Å². The number of nitrogens with one attached hydrogen (secondary N) is 1. The molecule has 60 valence electrons. The molecule has 11 heavy (non-hydrogen) atoms. The van der Waals surface area contributed by atoms with E-state index in [1.165, 1.54) is 0 Å². The number of aliphatic carboxylic acids is 1. The van der Waals surface area contributed by atoms with E-state index in [0.717, 1.165) is 0 Å². The molecule has 0 bridgehead atoms. The van der Waals surface area contributed by atoms with Crippen LogP contribution in [0.2, 0.25) is 0 Å². The van der Waals surface area contributed by atoms with E-state index in [1.807, 2.05) is 0 Å². The molecule has 0 aromatic heterocycles. The number of hydrogen-bond acceptors (Lipinski definition) is 2. The first-order valence-corrected chi connectivity index (χ1v) is 2.98. The highest BCUT2D eigenvalue weighted by Gasteiger charge is 2.03. The molecular weight excluding hydrogens is 148 g/mol. The molecule has 5 nitrogen and oxygen atoms in total. The third-order valence-electron chi connectivity index (χ3n) is 0.884. The zero-order valence-corrected chi connectivity index (χ0v) is 5.83. The Morgan fingerprint density at radius 3 is 2.64 bits per heavy atom. The summed E-state index contributed by atoms with van der Waals surface area (Å²) < 4.78 is 0. The topological polar surface area (TPSA) is 70.8 Å². The maximum Gasteiger partial charge on any atom is 0.305 e. The van der Waals surface area contributed by atoms with Gasteiger partial charge in [-0.2, -0.15) is 0 Å². The van der Waals surface area contributed by atoms with Crippen LogP contribution in [0.25, 0.3) is 4.85 Å². The molecule has 2 N–H and O–H groups in total. The summed E-state index contributed by atoms with van der Waals surface area (Å²) in [5.74, 6) is -1.39. The van der Waals surface area contributed by atoms with Gasteiger partial charge in [0.15, 0.2) is 0 Å². The predicted octanol–water partition coefficient (Wildman–Crippen LogP) is -0.503. The fraction of sp³-hybridized carbons (Fsp3) is 0.500. The van der Waals surface area contributed by atoms with Crippen molar-refractivity contribution in [2.24, 2.45) is 0 Å². The summed E-state index contributed by atoms with van der Waals surface area (Å²) in [6.07, 6.45) is -0.107. The van der Waals surface area contributed by atoms with Gasteiger partial charge in [-0.15, -0.1) is 0 Å². The number of carbonyl (C=O) groups is 2. The molecule has 0 aliphatic heterocycles. The molecule has 0 aromatic carbocycles. The number of rotatable bonds is 4. The van der Waals surface area contributed by atoms with Gasteiger partial charge in [-0.25, -0.2) is 6.57 Å². The van der Waals surface area contributed by atoms with Crippen molar-refractivity contribution in [3.63, 3.8) is 0 Å². The van der Waals surface area contributed by atoms with Crippen LogP contribution in [0.5, 0.6) is 0 Å². The lowest BCUT2D eigenvalue weighted by molar-refractivity contribution is -0.136. The van der Waals surface area contributed by atoms with Crippen molar-refractivity contribution in [2.45, 2.75) is 6.42 Å². The molecule has 5 heteroatoms. The smallest absolute Gasteiger partial charge is 0.305 e. The van der Waals surface area contributed by atoms with Crippen LogP contribution in [0.4, 0.5) is 0 Å². The molecule has 1 amide bonds. The predicted molar refractivity (Wildman–Crippen MR) is 36.7 cm³/mol. The highest BCUT2D eigenvalue weighted by atomic mass is 16.4. The van der Waals surface area contributed by atoms with Crippen LogP contribution in [0.3, 0.4) is 0 Å². The Labute approximate surface area is 63.8 Å². The molecule has 0 radical (unpaired) electrons. The Morgan fingerprint density at radius 1 is 1.55 bits per heavy atom. The molecule has 0 unspecified atom stereocenters. The van der Waals surface area contributed by atoms with Gasteiger partial charge in [0, 0.05) is 6.54 Å². The minimum Gasteiger partial charge on any atom is -0.481 e. The van der Waals surface area contributed by atoms with E-state index < -0.39 is 11.9 Å². The number of amides is 1. The lowest BCUT2D eigenvalue weighted by Crippen LogP contribution is -2.27. The highest BCUT2D eigenvalue weighted by molar-refractivity contribution is 5.79. The highest BCUT2D eigenvalue weighted by Crippen LogP contribution is 1.76. The van der Waals surface area contributed by atoms with Gasteiger partial charge in [0.25, 0.3) is 12.5 Å². The summed E-state index contributed by atoms with van der Waals surface area (Å²) in [5.41, 5.74) is 0. The molecule has 0 saturated carbocycles. The largest absolute Gasteiger partial charge is 0.481 e. The molecule has 0 aromatic rings.